The van der Waals surface area contributed by atoms with E-state index in [9.17, 15) is 14.7 Å². The lowest BCUT2D eigenvalue weighted by molar-refractivity contribution is -0.140. The van der Waals surface area contributed by atoms with Gasteiger partial charge in [-0.15, -0.1) is 0 Å². The molecule has 0 bridgehead atoms. The summed E-state index contributed by atoms with van der Waals surface area (Å²) in [6, 6.07) is 20.6. The Balaban J connectivity index is 1.83. The minimum atomic E-state index is -0.817. The van der Waals surface area contributed by atoms with Gasteiger partial charge in [-0.05, 0) is 63.6 Å². The zero-order chi connectivity index (χ0) is 27.4. The number of benzene rings is 3. The van der Waals surface area contributed by atoms with Gasteiger partial charge < -0.3 is 24.2 Å². The zero-order valence-electron chi connectivity index (χ0n) is 22.3. The van der Waals surface area contributed by atoms with E-state index in [-0.39, 0.29) is 30.1 Å². The molecule has 1 atom stereocenters. The average molecular weight is 516 g/mol. The summed E-state index contributed by atoms with van der Waals surface area (Å²) >= 11 is 0. The SMILES string of the molecule is COc1ccccc1CN1C(=O)C(=O)/C(=C(\O)c2cccc(OC(C)C)c2)C1c1ccc(OC(C)C)cc1. The van der Waals surface area contributed by atoms with Crippen molar-refractivity contribution in [1.82, 2.24) is 4.90 Å². The van der Waals surface area contributed by atoms with Gasteiger partial charge in [-0.3, -0.25) is 9.59 Å². The Kier molecular flexibility index (Phi) is 8.05. The van der Waals surface area contributed by atoms with Crippen molar-refractivity contribution in [2.45, 2.75) is 52.5 Å². The number of amides is 1. The lowest BCUT2D eigenvalue weighted by atomic mass is 9.95. The third-order valence-corrected chi connectivity index (χ3v) is 6.12. The number of para-hydroxylation sites is 1. The van der Waals surface area contributed by atoms with Crippen LogP contribution in [0.5, 0.6) is 17.2 Å². The first-order valence-corrected chi connectivity index (χ1v) is 12.6. The summed E-state index contributed by atoms with van der Waals surface area (Å²) in [6.07, 6.45) is -0.0669. The van der Waals surface area contributed by atoms with Crippen LogP contribution in [0.4, 0.5) is 0 Å². The summed E-state index contributed by atoms with van der Waals surface area (Å²) in [7, 11) is 1.56. The smallest absolute Gasteiger partial charge is 0.295 e. The highest BCUT2D eigenvalue weighted by molar-refractivity contribution is 6.46. The molecule has 1 aliphatic rings. The average Bonchev–Trinajstić information content (AvgIpc) is 3.13. The number of rotatable bonds is 9. The van der Waals surface area contributed by atoms with E-state index in [4.69, 9.17) is 14.2 Å². The molecule has 38 heavy (non-hydrogen) atoms. The van der Waals surface area contributed by atoms with E-state index in [1.807, 2.05) is 58.0 Å². The van der Waals surface area contributed by atoms with Gasteiger partial charge in [-0.25, -0.2) is 0 Å². The van der Waals surface area contributed by atoms with E-state index in [0.29, 0.717) is 28.4 Å². The van der Waals surface area contributed by atoms with Gasteiger partial charge in [0.05, 0.1) is 37.5 Å². The Labute approximate surface area is 223 Å². The van der Waals surface area contributed by atoms with Crippen molar-refractivity contribution in [2.24, 2.45) is 0 Å². The fraction of sp³-hybridized carbons (Fsp3) is 0.290. The number of hydrogen-bond donors (Lipinski definition) is 1. The molecule has 198 valence electrons. The van der Waals surface area contributed by atoms with Crippen LogP contribution >= 0.6 is 0 Å². The molecule has 7 nitrogen and oxygen atoms in total. The fourth-order valence-electron chi connectivity index (χ4n) is 4.55. The van der Waals surface area contributed by atoms with Crippen LogP contribution in [0.25, 0.3) is 5.76 Å². The maximum Gasteiger partial charge on any atom is 0.295 e. The van der Waals surface area contributed by atoms with Crippen molar-refractivity contribution in [2.75, 3.05) is 7.11 Å². The van der Waals surface area contributed by atoms with Crippen LogP contribution in [-0.4, -0.2) is 41.0 Å². The molecule has 0 saturated carbocycles. The Morgan fingerprint density at radius 2 is 1.53 bits per heavy atom. The largest absolute Gasteiger partial charge is 0.507 e. The predicted octanol–water partition coefficient (Wildman–Crippen LogP) is 5.89. The number of aliphatic hydroxyl groups is 1. The first-order chi connectivity index (χ1) is 18.2. The summed E-state index contributed by atoms with van der Waals surface area (Å²) in [5, 5.41) is 11.4. The van der Waals surface area contributed by atoms with E-state index in [0.717, 1.165) is 5.56 Å². The number of likely N-dealkylation sites (tertiary alicyclic amines) is 1. The van der Waals surface area contributed by atoms with Crippen LogP contribution in [0, 0.1) is 0 Å². The van der Waals surface area contributed by atoms with E-state index in [1.165, 1.54) is 4.90 Å². The maximum absolute atomic E-state index is 13.4. The molecule has 1 unspecified atom stereocenters. The molecular formula is C31H33NO6. The monoisotopic (exact) mass is 515 g/mol. The number of hydrogen-bond acceptors (Lipinski definition) is 6. The van der Waals surface area contributed by atoms with Crippen LogP contribution in [0.2, 0.25) is 0 Å². The van der Waals surface area contributed by atoms with E-state index >= 15 is 0 Å². The van der Waals surface area contributed by atoms with Crippen LogP contribution in [0.1, 0.15) is 50.4 Å². The molecule has 0 aliphatic carbocycles. The van der Waals surface area contributed by atoms with Crippen molar-refractivity contribution in [3.8, 4) is 17.2 Å². The van der Waals surface area contributed by atoms with Gasteiger partial charge in [-0.1, -0.05) is 42.5 Å². The molecule has 3 aromatic rings. The normalized spacial score (nSPS) is 16.8. The molecule has 1 aliphatic heterocycles. The van der Waals surface area contributed by atoms with Gasteiger partial charge in [0.2, 0.25) is 0 Å². The van der Waals surface area contributed by atoms with Crippen molar-refractivity contribution >= 4 is 17.4 Å². The minimum Gasteiger partial charge on any atom is -0.507 e. The molecule has 1 amide bonds. The molecule has 7 heteroatoms. The third kappa shape index (κ3) is 5.67. The van der Waals surface area contributed by atoms with Crippen molar-refractivity contribution in [3.63, 3.8) is 0 Å². The molecule has 1 N–H and O–H groups in total. The second-order valence-electron chi connectivity index (χ2n) is 9.67. The number of ketones is 1. The van der Waals surface area contributed by atoms with Gasteiger partial charge in [0.1, 0.15) is 23.0 Å². The van der Waals surface area contributed by atoms with E-state index < -0.39 is 17.7 Å². The maximum atomic E-state index is 13.4. The molecule has 0 spiro atoms. The molecule has 1 saturated heterocycles. The lowest BCUT2D eigenvalue weighted by Crippen LogP contribution is -2.29. The number of carbonyl (C=O) groups is 2. The summed E-state index contributed by atoms with van der Waals surface area (Å²) in [6.45, 7) is 7.81. The highest BCUT2D eigenvalue weighted by atomic mass is 16.5. The number of Topliss-reactive ketones (excluding diaryl/α,β-unsaturated/α-hetero) is 1. The van der Waals surface area contributed by atoms with Gasteiger partial charge in [0, 0.05) is 11.1 Å². The van der Waals surface area contributed by atoms with Crippen molar-refractivity contribution < 1.29 is 28.9 Å². The second-order valence-corrected chi connectivity index (χ2v) is 9.67. The Morgan fingerprint density at radius 3 is 2.18 bits per heavy atom. The van der Waals surface area contributed by atoms with Crippen molar-refractivity contribution in [1.29, 1.82) is 0 Å². The highest BCUT2D eigenvalue weighted by Crippen LogP contribution is 2.41. The molecule has 1 fully saturated rings. The number of carbonyl (C=O) groups excluding carboxylic acids is 2. The van der Waals surface area contributed by atoms with Gasteiger partial charge >= 0.3 is 0 Å². The standard InChI is InChI=1S/C31H33NO6/c1-19(2)37-24-15-13-21(14-16-24)28-27(29(33)22-10-8-11-25(17-22)38-20(3)4)30(34)31(35)32(28)18-23-9-6-7-12-26(23)36-5/h6-17,19-20,28,33H,18H2,1-5H3/b29-27-. The Bertz CT molecular complexity index is 1340. The molecule has 4 rings (SSSR count). The minimum absolute atomic E-state index is 0.00244. The van der Waals surface area contributed by atoms with Crippen LogP contribution in [0.3, 0.4) is 0 Å². The van der Waals surface area contributed by atoms with Gasteiger partial charge in [0.15, 0.2) is 0 Å². The Hall–Kier alpha value is -4.26. The van der Waals surface area contributed by atoms with E-state index in [2.05, 4.69) is 0 Å². The number of methoxy groups -OCH3 is 1. The fourth-order valence-corrected chi connectivity index (χ4v) is 4.55. The predicted molar refractivity (Wildman–Crippen MR) is 145 cm³/mol. The lowest BCUT2D eigenvalue weighted by Gasteiger charge is -2.26. The molecule has 3 aromatic carbocycles. The number of aliphatic hydroxyl groups excluding tert-OH is 1. The quantitative estimate of drug-likeness (QED) is 0.217. The number of ether oxygens (including phenoxy) is 3. The highest BCUT2D eigenvalue weighted by Gasteiger charge is 2.46. The summed E-state index contributed by atoms with van der Waals surface area (Å²) in [5.41, 5.74) is 1.83. The van der Waals surface area contributed by atoms with Gasteiger partial charge in [-0.2, -0.15) is 0 Å². The second kappa shape index (κ2) is 11.4. The molecule has 0 aromatic heterocycles. The third-order valence-electron chi connectivity index (χ3n) is 6.12. The van der Waals surface area contributed by atoms with Crippen LogP contribution in [0.15, 0.2) is 78.4 Å². The van der Waals surface area contributed by atoms with Gasteiger partial charge in [0.25, 0.3) is 11.7 Å². The van der Waals surface area contributed by atoms with Crippen LogP contribution in [-0.2, 0) is 16.1 Å². The van der Waals surface area contributed by atoms with Crippen LogP contribution < -0.4 is 14.2 Å². The molecule has 1 heterocycles. The first-order valence-electron chi connectivity index (χ1n) is 12.6. The molecule has 0 radical (unpaired) electrons. The summed E-state index contributed by atoms with van der Waals surface area (Å²) in [4.78, 5) is 28.3. The first kappa shape index (κ1) is 26.8. The zero-order valence-corrected chi connectivity index (χ0v) is 22.3. The Morgan fingerprint density at radius 1 is 0.868 bits per heavy atom. The van der Waals surface area contributed by atoms with Crippen molar-refractivity contribution in [3.05, 3.63) is 95.1 Å². The molecular weight excluding hydrogens is 482 g/mol. The summed E-state index contributed by atoms with van der Waals surface area (Å²) < 4.78 is 17.0. The van der Waals surface area contributed by atoms with E-state index in [1.54, 1.807) is 49.6 Å². The summed E-state index contributed by atoms with van der Waals surface area (Å²) in [5.74, 6) is 0.127. The number of nitrogens with zero attached hydrogens (tertiary/aromatic N) is 1. The topological polar surface area (TPSA) is 85.3 Å².